The highest BCUT2D eigenvalue weighted by atomic mass is 32.2. The van der Waals surface area contributed by atoms with Crippen LogP contribution < -0.4 is 5.14 Å². The average Bonchev–Trinajstić information content (AvgIpc) is 2.35. The number of Topliss-reactive ketones (excluding diaryl/α,β-unsaturated/α-hetero) is 1. The fourth-order valence-corrected chi connectivity index (χ4v) is 1.35. The molecule has 0 bridgehead atoms. The van der Waals surface area contributed by atoms with E-state index in [4.69, 9.17) is 0 Å². The zero-order valence-corrected chi connectivity index (χ0v) is 6.23. The molecular weight excluding hydrogens is 154 g/mol. The molecule has 0 aromatic heterocycles. The van der Waals surface area contributed by atoms with E-state index in [1.54, 1.807) is 0 Å². The molecule has 0 amide bonds. The van der Waals surface area contributed by atoms with Gasteiger partial charge in [0.1, 0.15) is 5.75 Å². The van der Waals surface area contributed by atoms with Crippen LogP contribution in [0.1, 0.15) is 12.8 Å². The van der Waals surface area contributed by atoms with Gasteiger partial charge in [0, 0.05) is 5.92 Å². The number of hydrogen-bond acceptors (Lipinski definition) is 3. The van der Waals surface area contributed by atoms with Crippen molar-refractivity contribution in [2.24, 2.45) is 11.1 Å². The standard InChI is InChI=1S/C5H9NO3S/c6-10(8,9)3-5(7)4-1-2-4/h4H,1-3H2,(H2,6,8,9). The summed E-state index contributed by atoms with van der Waals surface area (Å²) in [5.74, 6) is -0.738. The predicted octanol–water partition coefficient (Wildman–Crippen LogP) is -0.746. The fraction of sp³-hybridized carbons (Fsp3) is 0.800. The number of hydrogen-bond donors (Lipinski definition) is 1. The minimum atomic E-state index is -3.58. The van der Waals surface area contributed by atoms with Gasteiger partial charge in [0.2, 0.25) is 10.0 Å². The van der Waals surface area contributed by atoms with Gasteiger partial charge in [0.25, 0.3) is 0 Å². The highest BCUT2D eigenvalue weighted by Crippen LogP contribution is 2.29. The van der Waals surface area contributed by atoms with Crippen molar-refractivity contribution in [1.82, 2.24) is 0 Å². The number of primary sulfonamides is 1. The maximum absolute atomic E-state index is 10.8. The maximum Gasteiger partial charge on any atom is 0.216 e. The Labute approximate surface area is 59.5 Å². The molecule has 58 valence electrons. The van der Waals surface area contributed by atoms with Crippen LogP contribution in [0.15, 0.2) is 0 Å². The van der Waals surface area contributed by atoms with Crippen LogP contribution in [0.2, 0.25) is 0 Å². The SMILES string of the molecule is NS(=O)(=O)CC(=O)C1CC1. The molecule has 4 nitrogen and oxygen atoms in total. The summed E-state index contributed by atoms with van der Waals surface area (Å²) in [5.41, 5.74) is 0. The summed E-state index contributed by atoms with van der Waals surface area (Å²) in [6, 6.07) is 0. The van der Waals surface area contributed by atoms with E-state index in [1.165, 1.54) is 0 Å². The van der Waals surface area contributed by atoms with E-state index in [9.17, 15) is 13.2 Å². The molecule has 1 aliphatic carbocycles. The minimum absolute atomic E-state index is 0.0154. The van der Waals surface area contributed by atoms with Gasteiger partial charge in [-0.05, 0) is 12.8 Å². The number of rotatable bonds is 3. The second kappa shape index (κ2) is 2.32. The van der Waals surface area contributed by atoms with Gasteiger partial charge in [0.15, 0.2) is 5.78 Å². The smallest absolute Gasteiger partial charge is 0.216 e. The highest BCUT2D eigenvalue weighted by molar-refractivity contribution is 7.89. The number of nitrogens with two attached hydrogens (primary N) is 1. The molecule has 1 aliphatic rings. The van der Waals surface area contributed by atoms with E-state index >= 15 is 0 Å². The Morgan fingerprint density at radius 1 is 1.50 bits per heavy atom. The average molecular weight is 163 g/mol. The Balaban J connectivity index is 2.45. The second-order valence-electron chi connectivity index (χ2n) is 2.55. The Morgan fingerprint density at radius 3 is 2.30 bits per heavy atom. The lowest BCUT2D eigenvalue weighted by molar-refractivity contribution is -0.117. The quantitative estimate of drug-likeness (QED) is 0.595. The van der Waals surface area contributed by atoms with Crippen molar-refractivity contribution in [3.8, 4) is 0 Å². The van der Waals surface area contributed by atoms with Gasteiger partial charge in [-0.1, -0.05) is 0 Å². The van der Waals surface area contributed by atoms with E-state index in [2.05, 4.69) is 5.14 Å². The molecule has 0 saturated heterocycles. The van der Waals surface area contributed by atoms with Crippen molar-refractivity contribution >= 4 is 15.8 Å². The minimum Gasteiger partial charge on any atom is -0.298 e. The number of carbonyl (C=O) groups is 1. The zero-order valence-electron chi connectivity index (χ0n) is 5.41. The van der Waals surface area contributed by atoms with Crippen molar-refractivity contribution in [2.75, 3.05) is 5.75 Å². The largest absolute Gasteiger partial charge is 0.298 e. The van der Waals surface area contributed by atoms with E-state index in [-0.39, 0.29) is 11.7 Å². The first-order valence-corrected chi connectivity index (χ1v) is 4.74. The Hall–Kier alpha value is -0.420. The lowest BCUT2D eigenvalue weighted by Crippen LogP contribution is -2.23. The summed E-state index contributed by atoms with van der Waals surface area (Å²) in [4.78, 5) is 10.8. The highest BCUT2D eigenvalue weighted by Gasteiger charge is 2.31. The van der Waals surface area contributed by atoms with Gasteiger partial charge in [-0.15, -0.1) is 0 Å². The third kappa shape index (κ3) is 2.45. The second-order valence-corrected chi connectivity index (χ2v) is 4.16. The van der Waals surface area contributed by atoms with Gasteiger partial charge >= 0.3 is 0 Å². The van der Waals surface area contributed by atoms with Crippen LogP contribution in [-0.4, -0.2) is 20.0 Å². The van der Waals surface area contributed by atoms with Gasteiger partial charge in [-0.2, -0.15) is 0 Å². The van der Waals surface area contributed by atoms with Crippen LogP contribution in [0.25, 0.3) is 0 Å². The summed E-state index contributed by atoms with van der Waals surface area (Å²) in [6.45, 7) is 0. The number of sulfonamides is 1. The monoisotopic (exact) mass is 163 g/mol. The number of ketones is 1. The molecule has 10 heavy (non-hydrogen) atoms. The van der Waals surface area contributed by atoms with Crippen molar-refractivity contribution in [2.45, 2.75) is 12.8 Å². The van der Waals surface area contributed by atoms with Gasteiger partial charge in [0.05, 0.1) is 0 Å². The fourth-order valence-electron chi connectivity index (χ4n) is 0.721. The van der Waals surface area contributed by atoms with Crippen LogP contribution >= 0.6 is 0 Å². The molecule has 5 heteroatoms. The summed E-state index contributed by atoms with van der Waals surface area (Å²) < 4.78 is 20.7. The molecule has 1 fully saturated rings. The van der Waals surface area contributed by atoms with Crippen LogP contribution in [-0.2, 0) is 14.8 Å². The van der Waals surface area contributed by atoms with Crippen molar-refractivity contribution in [3.05, 3.63) is 0 Å². The predicted molar refractivity (Wildman–Crippen MR) is 35.7 cm³/mol. The van der Waals surface area contributed by atoms with Crippen molar-refractivity contribution in [1.29, 1.82) is 0 Å². The molecule has 0 atom stereocenters. The van der Waals surface area contributed by atoms with Crippen molar-refractivity contribution in [3.63, 3.8) is 0 Å². The van der Waals surface area contributed by atoms with Gasteiger partial charge in [-0.25, -0.2) is 13.6 Å². The molecule has 1 saturated carbocycles. The zero-order chi connectivity index (χ0) is 7.78. The van der Waals surface area contributed by atoms with E-state index in [1.807, 2.05) is 0 Å². The summed E-state index contributed by atoms with van der Waals surface area (Å²) >= 11 is 0. The Kier molecular flexibility index (Phi) is 1.78. The molecule has 0 aromatic rings. The maximum atomic E-state index is 10.8. The topological polar surface area (TPSA) is 77.2 Å². The third-order valence-electron chi connectivity index (χ3n) is 1.38. The summed E-state index contributed by atoms with van der Waals surface area (Å²) in [6.07, 6.45) is 1.66. The third-order valence-corrected chi connectivity index (χ3v) is 2.06. The van der Waals surface area contributed by atoms with Gasteiger partial charge < -0.3 is 0 Å². The molecule has 0 heterocycles. The van der Waals surface area contributed by atoms with Crippen molar-refractivity contribution < 1.29 is 13.2 Å². The van der Waals surface area contributed by atoms with Gasteiger partial charge in [-0.3, -0.25) is 4.79 Å². The van der Waals surface area contributed by atoms with E-state index in [0.29, 0.717) is 0 Å². The molecule has 0 radical (unpaired) electrons. The first kappa shape index (κ1) is 7.68. The molecule has 2 N–H and O–H groups in total. The lowest BCUT2D eigenvalue weighted by Gasteiger charge is -1.93. The first-order valence-electron chi connectivity index (χ1n) is 3.02. The van der Waals surface area contributed by atoms with Crippen LogP contribution in [0.5, 0.6) is 0 Å². The summed E-state index contributed by atoms with van der Waals surface area (Å²) in [5, 5.41) is 4.65. The lowest BCUT2D eigenvalue weighted by atomic mass is 10.3. The number of carbonyl (C=O) groups excluding carboxylic acids is 1. The molecular formula is C5H9NO3S. The normalized spacial score (nSPS) is 18.9. The molecule has 1 rings (SSSR count). The molecule has 0 spiro atoms. The first-order chi connectivity index (χ1) is 4.49. The Morgan fingerprint density at radius 2 is 2.00 bits per heavy atom. The Bertz CT molecular complexity index is 240. The molecule has 0 aliphatic heterocycles. The molecule has 0 unspecified atom stereocenters. The van der Waals surface area contributed by atoms with E-state index in [0.717, 1.165) is 12.8 Å². The summed E-state index contributed by atoms with van der Waals surface area (Å²) in [7, 11) is -3.58. The van der Waals surface area contributed by atoms with E-state index < -0.39 is 15.8 Å². The van der Waals surface area contributed by atoms with Crippen LogP contribution in [0.4, 0.5) is 0 Å². The van der Waals surface area contributed by atoms with Crippen LogP contribution in [0.3, 0.4) is 0 Å². The van der Waals surface area contributed by atoms with Crippen LogP contribution in [0, 0.1) is 5.92 Å². The molecule has 0 aromatic carbocycles.